The number of quaternary nitrogens is 1. The number of likely N-dealkylation sites (N-methyl/N-ethyl adjacent to an activating group) is 1. The van der Waals surface area contributed by atoms with Gasteiger partial charge in [0.05, 0.1) is 39.9 Å². The Bertz CT molecular complexity index is 995. The van der Waals surface area contributed by atoms with Gasteiger partial charge in [0.2, 0.25) is 5.91 Å². The van der Waals surface area contributed by atoms with Gasteiger partial charge in [0, 0.05) is 6.42 Å². The van der Waals surface area contributed by atoms with Crippen LogP contribution in [0, 0.1) is 0 Å². The molecule has 0 aromatic rings. The molecular weight excluding hydrogens is 707 g/mol. The molecule has 0 aliphatic heterocycles. The number of carbonyl (C=O) groups excluding carboxylic acids is 1. The Labute approximate surface area is 340 Å². The molecule has 0 radical (unpaired) electrons. The van der Waals surface area contributed by atoms with E-state index in [2.05, 4.69) is 37.4 Å². The van der Waals surface area contributed by atoms with E-state index in [4.69, 9.17) is 9.05 Å². The summed E-state index contributed by atoms with van der Waals surface area (Å²) in [7, 11) is 1.23. The summed E-state index contributed by atoms with van der Waals surface area (Å²) in [5.41, 5.74) is 0. The lowest BCUT2D eigenvalue weighted by molar-refractivity contribution is -0.870. The summed E-state index contributed by atoms with van der Waals surface area (Å²) in [6.07, 6.45) is 46.5. The number of amides is 1. The molecule has 0 heterocycles. The maximum atomic E-state index is 12.8. The highest BCUT2D eigenvalue weighted by Gasteiger charge is 2.23. The smallest absolute Gasteiger partial charge is 0.268 e. The van der Waals surface area contributed by atoms with E-state index in [1.54, 1.807) is 12.2 Å². The molecule has 9 heteroatoms. The van der Waals surface area contributed by atoms with Crippen molar-refractivity contribution in [1.82, 2.24) is 5.32 Å². The number of phosphoric acid groups is 1. The Balaban J connectivity index is 4.24. The summed E-state index contributed by atoms with van der Waals surface area (Å²) in [4.78, 5) is 25.2. The number of aliphatic hydroxyl groups excluding tert-OH is 1. The van der Waals surface area contributed by atoms with Crippen LogP contribution in [0.4, 0.5) is 0 Å². The van der Waals surface area contributed by atoms with Crippen molar-refractivity contribution >= 4 is 13.7 Å². The molecule has 2 N–H and O–H groups in total. The molecule has 55 heavy (non-hydrogen) atoms. The molecule has 0 rings (SSSR count). The summed E-state index contributed by atoms with van der Waals surface area (Å²) in [6.45, 7) is 4.57. The van der Waals surface area contributed by atoms with Crippen LogP contribution in [0.1, 0.15) is 200 Å². The fourth-order valence-electron chi connectivity index (χ4n) is 6.44. The standard InChI is InChI=1S/C46H89N2O6P/c1-6-8-10-12-14-16-18-19-20-21-22-23-24-25-26-27-28-29-30-32-34-36-38-40-46(50)47-44(43-54-55(51,52)53-42-41-48(3,4)5)45(49)39-37-35-33-31-17-15-13-11-9-7-2/h19-20,33,35,37,39,44-45,49H,6-18,21-32,34,36,38,40-43H2,1-5H3,(H-,47,50,51,52)/b20-19+,35-33+,39-37+/t44-,45+/m0/s1. The first-order chi connectivity index (χ1) is 26.5. The number of rotatable bonds is 41. The number of aliphatic hydroxyl groups is 1. The van der Waals surface area contributed by atoms with E-state index in [0.29, 0.717) is 17.4 Å². The summed E-state index contributed by atoms with van der Waals surface area (Å²) in [6, 6.07) is -0.915. The van der Waals surface area contributed by atoms with Crippen molar-refractivity contribution in [2.45, 2.75) is 212 Å². The van der Waals surface area contributed by atoms with Crippen LogP contribution in [0.25, 0.3) is 0 Å². The molecule has 8 nitrogen and oxygen atoms in total. The van der Waals surface area contributed by atoms with E-state index in [-0.39, 0.29) is 12.5 Å². The van der Waals surface area contributed by atoms with Crippen LogP contribution in [-0.4, -0.2) is 68.5 Å². The number of allylic oxidation sites excluding steroid dienone is 5. The highest BCUT2D eigenvalue weighted by atomic mass is 31.2. The van der Waals surface area contributed by atoms with Crippen molar-refractivity contribution in [2.24, 2.45) is 0 Å². The molecule has 1 amide bonds. The van der Waals surface area contributed by atoms with Gasteiger partial charge in [-0.3, -0.25) is 9.36 Å². The van der Waals surface area contributed by atoms with Crippen molar-refractivity contribution in [3.63, 3.8) is 0 Å². The number of nitrogens with one attached hydrogen (secondary N) is 1. The van der Waals surface area contributed by atoms with Gasteiger partial charge in [-0.25, -0.2) is 0 Å². The van der Waals surface area contributed by atoms with E-state index >= 15 is 0 Å². The minimum absolute atomic E-state index is 0.00891. The predicted octanol–water partition coefficient (Wildman–Crippen LogP) is 12.1. The largest absolute Gasteiger partial charge is 0.756 e. The van der Waals surface area contributed by atoms with Crippen LogP contribution in [0.5, 0.6) is 0 Å². The highest BCUT2D eigenvalue weighted by Crippen LogP contribution is 2.38. The van der Waals surface area contributed by atoms with Gasteiger partial charge < -0.3 is 28.8 Å². The first-order valence-corrected chi connectivity index (χ1v) is 24.3. The first-order valence-electron chi connectivity index (χ1n) is 22.9. The zero-order valence-electron chi connectivity index (χ0n) is 36.6. The molecule has 0 aromatic heterocycles. The SMILES string of the molecule is CCCCCCCC/C=C/C=C/[C@@H](O)[C@H](COP(=O)([O-])OCC[N+](C)(C)C)NC(=O)CCCCCCCCCCCCCCC/C=C/CCCCCCCC. The van der Waals surface area contributed by atoms with Gasteiger partial charge in [-0.1, -0.05) is 185 Å². The van der Waals surface area contributed by atoms with E-state index in [1.165, 1.54) is 148 Å². The van der Waals surface area contributed by atoms with Crippen LogP contribution in [0.15, 0.2) is 36.5 Å². The average molecular weight is 797 g/mol. The number of unbranched alkanes of at least 4 members (excludes halogenated alkanes) is 25. The Kier molecular flexibility index (Phi) is 37.4. The van der Waals surface area contributed by atoms with Gasteiger partial charge in [-0.05, 0) is 44.9 Å². The number of carbonyl (C=O) groups is 1. The Morgan fingerprint density at radius 2 is 1.05 bits per heavy atom. The topological polar surface area (TPSA) is 108 Å². The van der Waals surface area contributed by atoms with Gasteiger partial charge in [-0.15, -0.1) is 0 Å². The lowest BCUT2D eigenvalue weighted by Gasteiger charge is -2.29. The van der Waals surface area contributed by atoms with E-state index in [9.17, 15) is 19.4 Å². The second-order valence-electron chi connectivity index (χ2n) is 16.8. The third-order valence-electron chi connectivity index (χ3n) is 10.1. The fraction of sp³-hybridized carbons (Fsp3) is 0.848. The maximum absolute atomic E-state index is 12.8. The molecule has 0 spiro atoms. The summed E-state index contributed by atoms with van der Waals surface area (Å²) < 4.78 is 23.1. The lowest BCUT2D eigenvalue weighted by atomic mass is 10.0. The third kappa shape index (κ3) is 40.7. The van der Waals surface area contributed by atoms with Crippen LogP contribution in [0.2, 0.25) is 0 Å². The molecule has 0 aliphatic rings. The van der Waals surface area contributed by atoms with Gasteiger partial charge in [0.25, 0.3) is 7.82 Å². The van der Waals surface area contributed by atoms with Crippen LogP contribution in [-0.2, 0) is 18.4 Å². The number of hydrogen-bond donors (Lipinski definition) is 2. The van der Waals surface area contributed by atoms with Crippen LogP contribution in [0.3, 0.4) is 0 Å². The predicted molar refractivity (Wildman–Crippen MR) is 233 cm³/mol. The molecule has 0 bridgehead atoms. The van der Waals surface area contributed by atoms with Gasteiger partial charge in [0.15, 0.2) is 0 Å². The van der Waals surface area contributed by atoms with Gasteiger partial charge >= 0.3 is 0 Å². The minimum atomic E-state index is -4.59. The van der Waals surface area contributed by atoms with Crippen molar-refractivity contribution < 1.29 is 32.9 Å². The first kappa shape index (κ1) is 53.7. The number of phosphoric ester groups is 1. The Hall–Kier alpha value is -1.28. The van der Waals surface area contributed by atoms with Crippen molar-refractivity contribution in [3.05, 3.63) is 36.5 Å². The van der Waals surface area contributed by atoms with Gasteiger partial charge in [-0.2, -0.15) is 0 Å². The fourth-order valence-corrected chi connectivity index (χ4v) is 7.16. The van der Waals surface area contributed by atoms with Crippen molar-refractivity contribution in [3.8, 4) is 0 Å². The average Bonchev–Trinajstić information content (AvgIpc) is 3.13. The Morgan fingerprint density at radius 3 is 1.51 bits per heavy atom. The summed E-state index contributed by atoms with van der Waals surface area (Å²) >= 11 is 0. The molecule has 0 saturated carbocycles. The summed E-state index contributed by atoms with van der Waals surface area (Å²) in [5.74, 6) is -0.216. The monoisotopic (exact) mass is 797 g/mol. The van der Waals surface area contributed by atoms with E-state index in [1.807, 2.05) is 27.2 Å². The molecule has 324 valence electrons. The van der Waals surface area contributed by atoms with Gasteiger partial charge in [0.1, 0.15) is 13.2 Å². The summed E-state index contributed by atoms with van der Waals surface area (Å²) in [5, 5.41) is 13.7. The maximum Gasteiger partial charge on any atom is 0.268 e. The zero-order chi connectivity index (χ0) is 40.7. The quantitative estimate of drug-likeness (QED) is 0.0210. The third-order valence-corrected chi connectivity index (χ3v) is 11.1. The molecule has 3 atom stereocenters. The molecule has 0 saturated heterocycles. The van der Waals surface area contributed by atoms with Crippen LogP contribution >= 0.6 is 7.82 Å². The molecule has 0 aromatic carbocycles. The molecule has 0 fully saturated rings. The second-order valence-corrected chi connectivity index (χ2v) is 18.2. The lowest BCUT2D eigenvalue weighted by Crippen LogP contribution is -2.45. The molecule has 1 unspecified atom stereocenters. The zero-order valence-corrected chi connectivity index (χ0v) is 37.5. The van der Waals surface area contributed by atoms with Crippen LogP contribution < -0.4 is 10.2 Å². The second kappa shape index (κ2) is 38.2. The number of nitrogens with zero attached hydrogens (tertiary/aromatic N) is 1. The Morgan fingerprint density at radius 1 is 0.636 bits per heavy atom. The van der Waals surface area contributed by atoms with Crippen molar-refractivity contribution in [1.29, 1.82) is 0 Å². The minimum Gasteiger partial charge on any atom is -0.756 e. The molecule has 0 aliphatic carbocycles. The van der Waals surface area contributed by atoms with E-state index < -0.39 is 26.6 Å². The molecular formula is C46H89N2O6P. The normalized spacial score (nSPS) is 14.7. The highest BCUT2D eigenvalue weighted by molar-refractivity contribution is 7.45. The van der Waals surface area contributed by atoms with E-state index in [0.717, 1.165) is 32.1 Å². The van der Waals surface area contributed by atoms with Crippen molar-refractivity contribution in [2.75, 3.05) is 40.9 Å². The number of hydrogen-bond acceptors (Lipinski definition) is 6.